The topological polar surface area (TPSA) is 118 Å². The number of benzene rings is 2. The first-order valence-electron chi connectivity index (χ1n) is 10.5. The van der Waals surface area contributed by atoms with Crippen molar-refractivity contribution in [2.75, 3.05) is 11.1 Å². The molecule has 1 aliphatic rings. The number of aromatic nitrogens is 1. The number of anilines is 2. The van der Waals surface area contributed by atoms with Gasteiger partial charge in [0.05, 0.1) is 11.1 Å². The molecule has 7 nitrogen and oxygen atoms in total. The van der Waals surface area contributed by atoms with E-state index in [0.29, 0.717) is 46.5 Å². The summed E-state index contributed by atoms with van der Waals surface area (Å²) in [6.45, 7) is 1.54. The zero-order chi connectivity index (χ0) is 24.8. The Morgan fingerprint density at radius 2 is 2.03 bits per heavy atom. The van der Waals surface area contributed by atoms with Gasteiger partial charge in [-0.1, -0.05) is 16.8 Å². The van der Waals surface area contributed by atoms with Gasteiger partial charge in [-0.2, -0.15) is 13.2 Å². The van der Waals surface area contributed by atoms with Gasteiger partial charge in [0, 0.05) is 28.2 Å². The second-order valence-corrected chi connectivity index (χ2v) is 8.86. The fourth-order valence-corrected chi connectivity index (χ4v) is 4.76. The van der Waals surface area contributed by atoms with Crippen LogP contribution in [0.25, 0.3) is 10.8 Å². The molecule has 1 aliphatic carbocycles. The molecular weight excluding hydrogens is 475 g/mol. The van der Waals surface area contributed by atoms with Crippen molar-refractivity contribution in [3.05, 3.63) is 62.6 Å². The minimum atomic E-state index is -5.27. The molecular formula is C23H21ClF3N3O4. The van der Waals surface area contributed by atoms with Gasteiger partial charge in [0.25, 0.3) is 5.91 Å². The number of fused-ring (bicyclic) bond motifs is 2. The van der Waals surface area contributed by atoms with E-state index in [1.165, 1.54) is 24.3 Å². The first-order chi connectivity index (χ1) is 15.9. The van der Waals surface area contributed by atoms with Crippen LogP contribution in [0, 0.1) is 6.92 Å². The molecule has 180 valence electrons. The first-order valence-corrected chi connectivity index (χ1v) is 10.9. The number of alkyl halides is 3. The molecule has 1 aromatic heterocycles. The predicted octanol–water partition coefficient (Wildman–Crippen LogP) is 4.47. The molecule has 3 aromatic rings. The highest BCUT2D eigenvalue weighted by atomic mass is 35.5. The van der Waals surface area contributed by atoms with E-state index in [-0.39, 0.29) is 16.8 Å². The molecule has 2 atom stereocenters. The normalized spacial score (nSPS) is 17.8. The van der Waals surface area contributed by atoms with Crippen LogP contribution in [-0.4, -0.2) is 27.9 Å². The first kappa shape index (κ1) is 24.0. The van der Waals surface area contributed by atoms with Gasteiger partial charge in [-0.05, 0) is 73.6 Å². The second-order valence-electron chi connectivity index (χ2n) is 8.45. The summed E-state index contributed by atoms with van der Waals surface area (Å²) in [4.78, 5) is 24.7. The lowest BCUT2D eigenvalue weighted by Crippen LogP contribution is -2.55. The monoisotopic (exact) mass is 495 g/mol. The van der Waals surface area contributed by atoms with Crippen molar-refractivity contribution in [3.8, 4) is 0 Å². The Kier molecular flexibility index (Phi) is 6.07. The minimum Gasteiger partial charge on any atom is -0.398 e. The Morgan fingerprint density at radius 3 is 2.74 bits per heavy atom. The number of carbonyl (C=O) groups is 1. The van der Waals surface area contributed by atoms with Crippen LogP contribution >= 0.6 is 11.6 Å². The molecule has 0 fully saturated rings. The highest BCUT2D eigenvalue weighted by Gasteiger charge is 2.60. The molecule has 34 heavy (non-hydrogen) atoms. The number of rotatable bonds is 4. The summed E-state index contributed by atoms with van der Waals surface area (Å²) in [5.41, 5.74) is 3.24. The fourth-order valence-electron chi connectivity index (χ4n) is 4.50. The summed E-state index contributed by atoms with van der Waals surface area (Å²) in [5, 5.41) is 17.3. The van der Waals surface area contributed by atoms with E-state index in [4.69, 9.17) is 17.3 Å². The largest absolute Gasteiger partial charge is 0.426 e. The van der Waals surface area contributed by atoms with Crippen molar-refractivity contribution in [3.63, 3.8) is 0 Å². The van der Waals surface area contributed by atoms with Crippen molar-refractivity contribution >= 4 is 39.7 Å². The maximum absolute atomic E-state index is 14.1. The molecule has 0 bridgehead atoms. The number of hydrogen-bond donors (Lipinski definition) is 3. The number of nitrogen functional groups attached to an aromatic ring is 1. The molecule has 2 aromatic carbocycles. The molecule has 0 saturated carbocycles. The molecule has 1 amide bonds. The lowest BCUT2D eigenvalue weighted by Gasteiger charge is -2.35. The summed E-state index contributed by atoms with van der Waals surface area (Å²) in [5.74, 6) is -2.46. The number of hydrogen-bond acceptors (Lipinski definition) is 6. The van der Waals surface area contributed by atoms with Gasteiger partial charge in [0.2, 0.25) is 5.60 Å². The number of nitrogens with one attached hydrogen (secondary N) is 1. The van der Waals surface area contributed by atoms with E-state index in [9.17, 15) is 27.9 Å². The second kappa shape index (κ2) is 8.59. The lowest BCUT2D eigenvalue weighted by atomic mass is 9.75. The SMILES string of the molecule is Cc1noc(=O)c2ccc(NC(=O)C(O)(CC3CCCc4c(Cl)ccc(N)c43)C(F)(F)F)cc12. The fraction of sp³-hybridized carbons (Fsp3) is 0.348. The number of nitrogens with two attached hydrogens (primary N) is 1. The van der Waals surface area contributed by atoms with Gasteiger partial charge in [0.15, 0.2) is 0 Å². The predicted molar refractivity (Wildman–Crippen MR) is 121 cm³/mol. The van der Waals surface area contributed by atoms with E-state index >= 15 is 0 Å². The Labute approximate surface area is 196 Å². The van der Waals surface area contributed by atoms with Gasteiger partial charge in [-0.3, -0.25) is 4.79 Å². The third kappa shape index (κ3) is 4.12. The van der Waals surface area contributed by atoms with E-state index in [1.807, 2.05) is 0 Å². The molecule has 2 unspecified atom stereocenters. The highest BCUT2D eigenvalue weighted by Crippen LogP contribution is 2.46. The molecule has 4 rings (SSSR count). The summed E-state index contributed by atoms with van der Waals surface area (Å²) in [7, 11) is 0. The Balaban J connectivity index is 1.69. The summed E-state index contributed by atoms with van der Waals surface area (Å²) in [6.07, 6.45) is -4.80. The van der Waals surface area contributed by atoms with Gasteiger partial charge >= 0.3 is 11.8 Å². The van der Waals surface area contributed by atoms with Crippen LogP contribution in [-0.2, 0) is 11.2 Å². The van der Waals surface area contributed by atoms with Crippen molar-refractivity contribution < 1.29 is 27.6 Å². The molecule has 4 N–H and O–H groups in total. The summed E-state index contributed by atoms with van der Waals surface area (Å²) >= 11 is 6.23. The molecule has 0 aliphatic heterocycles. The number of amides is 1. The van der Waals surface area contributed by atoms with Crippen LogP contribution in [0.2, 0.25) is 5.02 Å². The third-order valence-corrected chi connectivity index (χ3v) is 6.61. The molecule has 0 radical (unpaired) electrons. The third-order valence-electron chi connectivity index (χ3n) is 6.26. The minimum absolute atomic E-state index is 0.0396. The van der Waals surface area contributed by atoms with E-state index in [1.54, 1.807) is 13.0 Å². The summed E-state index contributed by atoms with van der Waals surface area (Å²) in [6, 6.07) is 6.95. The quantitative estimate of drug-likeness (QED) is 0.459. The van der Waals surface area contributed by atoms with Gasteiger partial charge in [-0.15, -0.1) is 0 Å². The number of halogens is 4. The number of nitrogens with zero attached hydrogens (tertiary/aromatic N) is 1. The van der Waals surface area contributed by atoms with Crippen LogP contribution in [0.15, 0.2) is 39.6 Å². The Hall–Kier alpha value is -3.11. The number of carbonyl (C=O) groups excluding carboxylic acids is 1. The Bertz CT molecular complexity index is 1340. The van der Waals surface area contributed by atoms with Crippen LogP contribution in [0.1, 0.15) is 42.0 Å². The molecule has 0 spiro atoms. The van der Waals surface area contributed by atoms with E-state index in [0.717, 1.165) is 0 Å². The van der Waals surface area contributed by atoms with E-state index < -0.39 is 35.6 Å². The van der Waals surface area contributed by atoms with Crippen LogP contribution in [0.3, 0.4) is 0 Å². The summed E-state index contributed by atoms with van der Waals surface area (Å²) < 4.78 is 46.9. The number of aliphatic hydroxyl groups is 1. The molecule has 1 heterocycles. The van der Waals surface area contributed by atoms with Gasteiger partial charge < -0.3 is 20.7 Å². The van der Waals surface area contributed by atoms with Crippen molar-refractivity contribution in [1.29, 1.82) is 0 Å². The zero-order valence-corrected chi connectivity index (χ0v) is 18.8. The average Bonchev–Trinajstić information content (AvgIpc) is 2.78. The van der Waals surface area contributed by atoms with Crippen molar-refractivity contribution in [2.45, 2.75) is 50.3 Å². The smallest absolute Gasteiger partial charge is 0.398 e. The van der Waals surface area contributed by atoms with Gasteiger partial charge in [-0.25, -0.2) is 4.79 Å². The van der Waals surface area contributed by atoms with Crippen LogP contribution in [0.5, 0.6) is 0 Å². The number of aryl methyl sites for hydroxylation is 1. The van der Waals surface area contributed by atoms with Crippen molar-refractivity contribution in [1.82, 2.24) is 5.16 Å². The van der Waals surface area contributed by atoms with Crippen LogP contribution in [0.4, 0.5) is 24.5 Å². The molecule has 11 heteroatoms. The van der Waals surface area contributed by atoms with Crippen LogP contribution < -0.4 is 16.7 Å². The van der Waals surface area contributed by atoms with E-state index in [2.05, 4.69) is 15.0 Å². The maximum atomic E-state index is 14.1. The average molecular weight is 496 g/mol. The van der Waals surface area contributed by atoms with Crippen molar-refractivity contribution in [2.24, 2.45) is 0 Å². The maximum Gasteiger partial charge on any atom is 0.426 e. The van der Waals surface area contributed by atoms with Gasteiger partial charge in [0.1, 0.15) is 0 Å². The highest BCUT2D eigenvalue weighted by molar-refractivity contribution is 6.31. The zero-order valence-electron chi connectivity index (χ0n) is 18.0. The lowest BCUT2D eigenvalue weighted by molar-refractivity contribution is -0.252. The molecule has 0 saturated heterocycles. The Morgan fingerprint density at radius 1 is 1.29 bits per heavy atom. The standard InChI is InChI=1S/C23H21ClF3N3O4/c1-11-16-9-13(5-6-14(16)20(31)34-30-11)29-21(32)22(33,23(25,26)27)10-12-3-2-4-15-17(24)7-8-18(28)19(12)15/h5-9,12,33H,2-4,10,28H2,1H3,(H,29,32).